The van der Waals surface area contributed by atoms with E-state index in [-0.39, 0.29) is 30.0 Å². The summed E-state index contributed by atoms with van der Waals surface area (Å²) in [5, 5.41) is 2.83. The van der Waals surface area contributed by atoms with Crippen LogP contribution < -0.4 is 15.5 Å². The van der Waals surface area contributed by atoms with Crippen molar-refractivity contribution in [2.75, 3.05) is 0 Å². The smallest absolute Gasteiger partial charge is 0.287 e. The van der Waals surface area contributed by atoms with Gasteiger partial charge in [-0.3, -0.25) is 9.59 Å². The fraction of sp³-hybridized carbons (Fsp3) is 0.217. The number of aryl methyl sites for hydroxylation is 1. The quantitative estimate of drug-likeness (QED) is 0.623. The maximum atomic E-state index is 12.9. The van der Waals surface area contributed by atoms with Crippen LogP contribution in [0.5, 0.6) is 5.75 Å². The minimum absolute atomic E-state index is 0.0111. The molecule has 29 heavy (non-hydrogen) atoms. The molecule has 1 heterocycles. The van der Waals surface area contributed by atoms with E-state index in [9.17, 15) is 14.0 Å². The molecular weight excluding hydrogens is 373 g/mol. The van der Waals surface area contributed by atoms with E-state index >= 15 is 0 Å². The van der Waals surface area contributed by atoms with Crippen molar-refractivity contribution in [3.63, 3.8) is 0 Å². The molecule has 0 aliphatic carbocycles. The van der Waals surface area contributed by atoms with Gasteiger partial charge in [0.1, 0.15) is 18.7 Å². The first kappa shape index (κ1) is 20.3. The summed E-state index contributed by atoms with van der Waals surface area (Å²) < 4.78 is 23.6. The number of nitrogens with one attached hydrogen (secondary N) is 1. The van der Waals surface area contributed by atoms with Gasteiger partial charge in [-0.05, 0) is 43.0 Å². The van der Waals surface area contributed by atoms with E-state index in [0.29, 0.717) is 5.56 Å². The third-order valence-electron chi connectivity index (χ3n) is 4.42. The fourth-order valence-electron chi connectivity index (χ4n) is 2.76. The SMILES string of the molecule is CC(CCc1ccccc1)NC(=O)c1cc(=O)c(OCc2ccc(F)cc2)co1. The van der Waals surface area contributed by atoms with E-state index in [2.05, 4.69) is 5.32 Å². The topological polar surface area (TPSA) is 68.5 Å². The zero-order valence-electron chi connectivity index (χ0n) is 16.1. The lowest BCUT2D eigenvalue weighted by Crippen LogP contribution is -2.33. The molecule has 0 saturated heterocycles. The molecule has 0 radical (unpaired) electrons. The van der Waals surface area contributed by atoms with Crippen LogP contribution in [0, 0.1) is 5.82 Å². The van der Waals surface area contributed by atoms with Crippen LogP contribution in [0.1, 0.15) is 35.0 Å². The van der Waals surface area contributed by atoms with Crippen molar-refractivity contribution in [2.45, 2.75) is 32.4 Å². The summed E-state index contributed by atoms with van der Waals surface area (Å²) in [6, 6.07) is 16.8. The van der Waals surface area contributed by atoms with E-state index in [0.717, 1.165) is 25.2 Å². The Morgan fingerprint density at radius 1 is 1.10 bits per heavy atom. The molecule has 0 aliphatic rings. The third-order valence-corrected chi connectivity index (χ3v) is 4.42. The van der Waals surface area contributed by atoms with E-state index in [1.54, 1.807) is 12.1 Å². The summed E-state index contributed by atoms with van der Waals surface area (Å²) in [6.07, 6.45) is 2.72. The Kier molecular flexibility index (Phi) is 6.79. The number of carbonyl (C=O) groups excluding carboxylic acids is 1. The maximum Gasteiger partial charge on any atom is 0.287 e. The lowest BCUT2D eigenvalue weighted by atomic mass is 10.1. The van der Waals surface area contributed by atoms with Crippen LogP contribution in [0.25, 0.3) is 0 Å². The van der Waals surface area contributed by atoms with Gasteiger partial charge in [-0.2, -0.15) is 0 Å². The number of halogens is 1. The Morgan fingerprint density at radius 2 is 1.83 bits per heavy atom. The molecule has 0 bridgehead atoms. The molecule has 0 aliphatic heterocycles. The molecule has 1 unspecified atom stereocenters. The average Bonchev–Trinajstić information content (AvgIpc) is 2.73. The Bertz CT molecular complexity index is 999. The minimum atomic E-state index is -0.458. The largest absolute Gasteiger partial charge is 0.482 e. The normalized spacial score (nSPS) is 11.7. The van der Waals surface area contributed by atoms with Crippen LogP contribution >= 0.6 is 0 Å². The summed E-state index contributed by atoms with van der Waals surface area (Å²) in [6.45, 7) is 1.99. The Hall–Kier alpha value is -3.41. The number of rotatable bonds is 8. The van der Waals surface area contributed by atoms with Gasteiger partial charge in [-0.15, -0.1) is 0 Å². The molecule has 1 aromatic heterocycles. The molecule has 3 aromatic rings. The summed E-state index contributed by atoms with van der Waals surface area (Å²) in [5.74, 6) is -0.881. The number of benzene rings is 2. The zero-order chi connectivity index (χ0) is 20.6. The van der Waals surface area contributed by atoms with Gasteiger partial charge in [0.25, 0.3) is 5.91 Å². The van der Waals surface area contributed by atoms with Gasteiger partial charge in [-0.25, -0.2) is 4.39 Å². The molecule has 0 fully saturated rings. The van der Waals surface area contributed by atoms with E-state index in [1.165, 1.54) is 17.7 Å². The number of hydrogen-bond donors (Lipinski definition) is 1. The van der Waals surface area contributed by atoms with Crippen LogP contribution in [-0.4, -0.2) is 11.9 Å². The fourth-order valence-corrected chi connectivity index (χ4v) is 2.76. The standard InChI is InChI=1S/C23H22FNO4/c1-16(7-8-17-5-3-2-4-6-17)25-23(27)21-13-20(26)22(15-29-21)28-14-18-9-11-19(24)12-10-18/h2-6,9-13,15-16H,7-8,14H2,1H3,(H,25,27). The maximum absolute atomic E-state index is 12.9. The second-order valence-corrected chi connectivity index (χ2v) is 6.79. The second-order valence-electron chi connectivity index (χ2n) is 6.79. The van der Waals surface area contributed by atoms with Crippen LogP contribution in [0.4, 0.5) is 4.39 Å². The first-order valence-electron chi connectivity index (χ1n) is 9.36. The molecule has 5 nitrogen and oxygen atoms in total. The van der Waals surface area contributed by atoms with Crippen molar-refractivity contribution >= 4 is 5.91 Å². The van der Waals surface area contributed by atoms with E-state index < -0.39 is 11.3 Å². The molecule has 1 N–H and O–H groups in total. The molecule has 1 atom stereocenters. The number of ether oxygens (including phenoxy) is 1. The van der Waals surface area contributed by atoms with Gasteiger partial charge < -0.3 is 14.5 Å². The predicted octanol–water partition coefficient (Wildman–Crippen LogP) is 4.11. The monoisotopic (exact) mass is 395 g/mol. The molecule has 2 aromatic carbocycles. The summed E-state index contributed by atoms with van der Waals surface area (Å²) >= 11 is 0. The van der Waals surface area contributed by atoms with E-state index in [1.807, 2.05) is 37.3 Å². The zero-order valence-corrected chi connectivity index (χ0v) is 16.1. The molecule has 0 spiro atoms. The van der Waals surface area contributed by atoms with Crippen molar-refractivity contribution in [3.05, 3.63) is 99.9 Å². The molecule has 150 valence electrons. The van der Waals surface area contributed by atoms with Gasteiger partial charge in [0.05, 0.1) is 0 Å². The Morgan fingerprint density at radius 3 is 2.52 bits per heavy atom. The van der Waals surface area contributed by atoms with Crippen molar-refractivity contribution in [1.82, 2.24) is 5.32 Å². The highest BCUT2D eigenvalue weighted by atomic mass is 19.1. The summed E-state index contributed by atoms with van der Waals surface area (Å²) in [5.41, 5.74) is 1.45. The second kappa shape index (κ2) is 9.68. The highest BCUT2D eigenvalue weighted by Crippen LogP contribution is 2.11. The first-order chi connectivity index (χ1) is 14.0. The van der Waals surface area contributed by atoms with Crippen LogP contribution in [0.15, 0.2) is 76.1 Å². The molecule has 3 rings (SSSR count). The van der Waals surface area contributed by atoms with Crippen molar-refractivity contribution in [3.8, 4) is 5.75 Å². The van der Waals surface area contributed by atoms with Crippen molar-refractivity contribution in [2.24, 2.45) is 0 Å². The molecule has 1 amide bonds. The summed E-state index contributed by atoms with van der Waals surface area (Å²) in [4.78, 5) is 24.5. The van der Waals surface area contributed by atoms with Crippen LogP contribution in [-0.2, 0) is 13.0 Å². The number of amides is 1. The third kappa shape index (κ3) is 6.04. The average molecular weight is 395 g/mol. The van der Waals surface area contributed by atoms with Gasteiger partial charge in [0, 0.05) is 12.1 Å². The van der Waals surface area contributed by atoms with Crippen molar-refractivity contribution < 1.29 is 18.3 Å². The van der Waals surface area contributed by atoms with Gasteiger partial charge in [-0.1, -0.05) is 42.5 Å². The first-order valence-corrected chi connectivity index (χ1v) is 9.36. The highest BCUT2D eigenvalue weighted by Gasteiger charge is 2.15. The molecule has 6 heteroatoms. The Labute approximate surface area is 168 Å². The molecular formula is C23H22FNO4. The lowest BCUT2D eigenvalue weighted by molar-refractivity contribution is 0.0907. The number of hydrogen-bond acceptors (Lipinski definition) is 4. The Balaban J connectivity index is 1.53. The minimum Gasteiger partial charge on any atom is -0.482 e. The van der Waals surface area contributed by atoms with Gasteiger partial charge in [0.15, 0.2) is 5.76 Å². The van der Waals surface area contributed by atoms with Gasteiger partial charge >= 0.3 is 0 Å². The van der Waals surface area contributed by atoms with Crippen LogP contribution in [0.2, 0.25) is 0 Å². The van der Waals surface area contributed by atoms with Gasteiger partial charge in [0.2, 0.25) is 11.2 Å². The van der Waals surface area contributed by atoms with Crippen LogP contribution in [0.3, 0.4) is 0 Å². The molecule has 0 saturated carbocycles. The lowest BCUT2D eigenvalue weighted by Gasteiger charge is -2.13. The summed E-state index contributed by atoms with van der Waals surface area (Å²) in [7, 11) is 0. The van der Waals surface area contributed by atoms with E-state index in [4.69, 9.17) is 9.15 Å². The number of carbonyl (C=O) groups is 1. The predicted molar refractivity (Wildman–Crippen MR) is 107 cm³/mol. The highest BCUT2D eigenvalue weighted by molar-refractivity contribution is 5.91. The van der Waals surface area contributed by atoms with Crippen molar-refractivity contribution in [1.29, 1.82) is 0 Å².